The molecule has 0 spiro atoms. The molecular formula is C9H10ClNO. The number of carbonyl (C=O) groups is 1. The van der Waals surface area contributed by atoms with Gasteiger partial charge in [0.25, 0.3) is 0 Å². The Balaban J connectivity index is 2.42. The largest absolute Gasteiger partial charge is 0.385 e. The van der Waals surface area contributed by atoms with Gasteiger partial charge in [-0.05, 0) is 24.3 Å². The third-order valence-electron chi connectivity index (χ3n) is 1.44. The molecule has 0 amide bonds. The highest BCUT2D eigenvalue weighted by Gasteiger charge is 1.90. The normalized spacial score (nSPS) is 9.42. The Morgan fingerprint density at radius 3 is 2.58 bits per heavy atom. The molecule has 0 unspecified atom stereocenters. The second kappa shape index (κ2) is 4.78. The maximum absolute atomic E-state index is 9.99. The summed E-state index contributed by atoms with van der Waals surface area (Å²) < 4.78 is 0. The number of anilines is 1. The van der Waals surface area contributed by atoms with E-state index < -0.39 is 0 Å². The van der Waals surface area contributed by atoms with Crippen LogP contribution >= 0.6 is 11.6 Å². The predicted octanol–water partition coefficient (Wildman–Crippen LogP) is 2.34. The van der Waals surface area contributed by atoms with Gasteiger partial charge >= 0.3 is 0 Å². The third-order valence-corrected chi connectivity index (χ3v) is 1.69. The van der Waals surface area contributed by atoms with E-state index in [1.165, 1.54) is 0 Å². The topological polar surface area (TPSA) is 29.1 Å². The summed E-state index contributed by atoms with van der Waals surface area (Å²) in [5, 5.41) is 3.80. The molecule has 0 aromatic heterocycles. The van der Waals surface area contributed by atoms with Crippen molar-refractivity contribution in [1.29, 1.82) is 0 Å². The number of aldehydes is 1. The van der Waals surface area contributed by atoms with Crippen LogP contribution in [-0.2, 0) is 4.79 Å². The maximum Gasteiger partial charge on any atom is 0.121 e. The second-order valence-electron chi connectivity index (χ2n) is 2.39. The lowest BCUT2D eigenvalue weighted by Gasteiger charge is -2.02. The minimum absolute atomic E-state index is 0.530. The highest BCUT2D eigenvalue weighted by molar-refractivity contribution is 6.30. The average molecular weight is 184 g/mol. The zero-order chi connectivity index (χ0) is 8.81. The lowest BCUT2D eigenvalue weighted by atomic mass is 10.3. The van der Waals surface area contributed by atoms with Crippen LogP contribution in [0.15, 0.2) is 24.3 Å². The molecule has 0 radical (unpaired) electrons. The number of hydrogen-bond acceptors (Lipinski definition) is 2. The van der Waals surface area contributed by atoms with Gasteiger partial charge in [-0.15, -0.1) is 0 Å². The Morgan fingerprint density at radius 2 is 2.00 bits per heavy atom. The van der Waals surface area contributed by atoms with Crippen molar-refractivity contribution in [2.24, 2.45) is 0 Å². The van der Waals surface area contributed by atoms with Crippen molar-refractivity contribution in [3.05, 3.63) is 29.3 Å². The quantitative estimate of drug-likeness (QED) is 0.574. The molecule has 0 aliphatic heterocycles. The zero-order valence-corrected chi connectivity index (χ0v) is 7.34. The molecule has 0 fully saturated rings. The fourth-order valence-corrected chi connectivity index (χ4v) is 0.969. The van der Waals surface area contributed by atoms with Gasteiger partial charge in [0.05, 0.1) is 0 Å². The molecule has 0 aliphatic rings. The van der Waals surface area contributed by atoms with Gasteiger partial charge in [-0.3, -0.25) is 0 Å². The third kappa shape index (κ3) is 2.93. The molecular weight excluding hydrogens is 174 g/mol. The summed E-state index contributed by atoms with van der Waals surface area (Å²) in [7, 11) is 0. The van der Waals surface area contributed by atoms with Crippen LogP contribution in [0.4, 0.5) is 5.69 Å². The van der Waals surface area contributed by atoms with Crippen LogP contribution < -0.4 is 5.32 Å². The monoisotopic (exact) mass is 183 g/mol. The van der Waals surface area contributed by atoms with Crippen molar-refractivity contribution >= 4 is 23.6 Å². The first kappa shape index (κ1) is 9.07. The second-order valence-corrected chi connectivity index (χ2v) is 2.83. The van der Waals surface area contributed by atoms with Crippen molar-refractivity contribution < 1.29 is 4.79 Å². The number of benzene rings is 1. The fraction of sp³-hybridized carbons (Fsp3) is 0.222. The molecule has 0 bridgehead atoms. The molecule has 0 saturated carbocycles. The molecule has 64 valence electrons. The molecule has 12 heavy (non-hydrogen) atoms. The van der Waals surface area contributed by atoms with Crippen molar-refractivity contribution in [2.75, 3.05) is 11.9 Å². The van der Waals surface area contributed by atoms with E-state index in [-0.39, 0.29) is 0 Å². The molecule has 0 heterocycles. The molecule has 0 aliphatic carbocycles. The summed E-state index contributed by atoms with van der Waals surface area (Å²) >= 11 is 5.69. The zero-order valence-electron chi connectivity index (χ0n) is 6.59. The number of halogens is 1. The van der Waals surface area contributed by atoms with Crippen LogP contribution in [0.1, 0.15) is 6.42 Å². The Labute approximate surface area is 76.5 Å². The first-order chi connectivity index (χ1) is 5.83. The Kier molecular flexibility index (Phi) is 3.61. The van der Waals surface area contributed by atoms with Gasteiger partial charge in [0.1, 0.15) is 6.29 Å². The highest BCUT2D eigenvalue weighted by atomic mass is 35.5. The minimum Gasteiger partial charge on any atom is -0.385 e. The van der Waals surface area contributed by atoms with Crippen LogP contribution in [0.25, 0.3) is 0 Å². The van der Waals surface area contributed by atoms with Crippen LogP contribution in [0, 0.1) is 0 Å². The molecule has 0 saturated heterocycles. The maximum atomic E-state index is 9.99. The van der Waals surface area contributed by atoms with Gasteiger partial charge in [0, 0.05) is 23.7 Å². The van der Waals surface area contributed by atoms with E-state index >= 15 is 0 Å². The summed E-state index contributed by atoms with van der Waals surface area (Å²) in [6.07, 6.45) is 1.42. The number of hydrogen-bond donors (Lipinski definition) is 1. The molecule has 0 atom stereocenters. The van der Waals surface area contributed by atoms with Gasteiger partial charge in [-0.25, -0.2) is 0 Å². The molecule has 1 aromatic rings. The molecule has 2 nitrogen and oxygen atoms in total. The van der Waals surface area contributed by atoms with Gasteiger partial charge in [-0.1, -0.05) is 11.6 Å². The van der Waals surface area contributed by atoms with E-state index in [2.05, 4.69) is 5.32 Å². The van der Waals surface area contributed by atoms with Gasteiger partial charge < -0.3 is 10.1 Å². The number of rotatable bonds is 4. The average Bonchev–Trinajstić information content (AvgIpc) is 2.09. The minimum atomic E-state index is 0.530. The summed E-state index contributed by atoms with van der Waals surface area (Å²) in [5.41, 5.74) is 0.987. The lowest BCUT2D eigenvalue weighted by Crippen LogP contribution is -2.00. The standard InChI is InChI=1S/C9H10ClNO/c10-8-2-4-9(5-3-8)11-6-1-7-12/h2-5,7,11H,1,6H2. The predicted molar refractivity (Wildman–Crippen MR) is 50.6 cm³/mol. The fourth-order valence-electron chi connectivity index (χ4n) is 0.843. The SMILES string of the molecule is O=CCCNc1ccc(Cl)cc1. The van der Waals surface area contributed by atoms with E-state index in [1.807, 2.05) is 24.3 Å². The van der Waals surface area contributed by atoms with E-state index in [1.54, 1.807) is 0 Å². The highest BCUT2D eigenvalue weighted by Crippen LogP contribution is 2.12. The molecule has 1 aromatic carbocycles. The van der Waals surface area contributed by atoms with Crippen molar-refractivity contribution in [2.45, 2.75) is 6.42 Å². The van der Waals surface area contributed by atoms with E-state index in [0.29, 0.717) is 13.0 Å². The van der Waals surface area contributed by atoms with E-state index in [9.17, 15) is 4.79 Å². The smallest absolute Gasteiger partial charge is 0.121 e. The summed E-state index contributed by atoms with van der Waals surface area (Å²) in [4.78, 5) is 9.99. The molecule has 3 heteroatoms. The Bertz CT molecular complexity index is 245. The first-order valence-electron chi connectivity index (χ1n) is 3.76. The van der Waals surface area contributed by atoms with Crippen molar-refractivity contribution in [3.63, 3.8) is 0 Å². The van der Waals surface area contributed by atoms with Crippen LogP contribution in [0.3, 0.4) is 0 Å². The van der Waals surface area contributed by atoms with Crippen molar-refractivity contribution in [3.8, 4) is 0 Å². The first-order valence-corrected chi connectivity index (χ1v) is 4.14. The van der Waals surface area contributed by atoms with Gasteiger partial charge in [-0.2, -0.15) is 0 Å². The summed E-state index contributed by atoms with van der Waals surface area (Å²) in [6.45, 7) is 0.672. The van der Waals surface area contributed by atoms with E-state index in [4.69, 9.17) is 11.6 Å². The number of carbonyl (C=O) groups excluding carboxylic acids is 1. The summed E-state index contributed by atoms with van der Waals surface area (Å²) in [6, 6.07) is 7.38. The van der Waals surface area contributed by atoms with Crippen LogP contribution in [-0.4, -0.2) is 12.8 Å². The molecule has 1 N–H and O–H groups in total. The molecule has 1 rings (SSSR count). The number of nitrogens with one attached hydrogen (secondary N) is 1. The Morgan fingerprint density at radius 1 is 1.33 bits per heavy atom. The van der Waals surface area contributed by atoms with Crippen LogP contribution in [0.5, 0.6) is 0 Å². The Hall–Kier alpha value is -1.02. The van der Waals surface area contributed by atoms with E-state index in [0.717, 1.165) is 17.0 Å². The van der Waals surface area contributed by atoms with Crippen molar-refractivity contribution in [1.82, 2.24) is 0 Å². The summed E-state index contributed by atoms with van der Waals surface area (Å²) in [5.74, 6) is 0. The van der Waals surface area contributed by atoms with Gasteiger partial charge in [0.2, 0.25) is 0 Å². The van der Waals surface area contributed by atoms with Gasteiger partial charge in [0.15, 0.2) is 0 Å². The van der Waals surface area contributed by atoms with Crippen LogP contribution in [0.2, 0.25) is 5.02 Å². The lowest BCUT2D eigenvalue weighted by molar-refractivity contribution is -0.107.